The van der Waals surface area contributed by atoms with Crippen LogP contribution in [0.5, 0.6) is 0 Å². The van der Waals surface area contributed by atoms with E-state index in [1.54, 1.807) is 0 Å². The van der Waals surface area contributed by atoms with E-state index in [0.29, 0.717) is 0 Å². The van der Waals surface area contributed by atoms with Gasteiger partial charge in [0.15, 0.2) is 0 Å². The van der Waals surface area contributed by atoms with Crippen LogP contribution in [0, 0.1) is 0 Å². The minimum atomic E-state index is 0.000764. The molecule has 2 nitrogen and oxygen atoms in total. The molecule has 0 aliphatic rings. The molecule has 0 aliphatic carbocycles. The zero-order valence-electron chi connectivity index (χ0n) is 10.3. The van der Waals surface area contributed by atoms with Gasteiger partial charge < -0.3 is 5.11 Å². The first-order valence-corrected chi connectivity index (χ1v) is 6.00. The van der Waals surface area contributed by atoms with Gasteiger partial charge in [0.2, 0.25) is 0 Å². The maximum absolute atomic E-state index is 9.50. The molecule has 2 heteroatoms. The van der Waals surface area contributed by atoms with Gasteiger partial charge in [-0.1, -0.05) is 33.6 Å². The average molecular weight is 201 g/mol. The third-order valence-electron chi connectivity index (χ3n) is 3.05. The second-order valence-electron chi connectivity index (χ2n) is 4.34. The summed E-state index contributed by atoms with van der Waals surface area (Å²) in [4.78, 5) is 2.41. The van der Waals surface area contributed by atoms with Gasteiger partial charge in [-0.05, 0) is 32.9 Å². The molecule has 1 atom stereocenters. The summed E-state index contributed by atoms with van der Waals surface area (Å²) in [6.07, 6.45) is 4.68. The highest BCUT2D eigenvalue weighted by molar-refractivity contribution is 4.84. The summed E-state index contributed by atoms with van der Waals surface area (Å²) in [6, 6.07) is 0. The highest BCUT2D eigenvalue weighted by atomic mass is 16.3. The quantitative estimate of drug-likeness (QED) is 0.652. The van der Waals surface area contributed by atoms with Crippen molar-refractivity contribution in [3.8, 4) is 0 Å². The van der Waals surface area contributed by atoms with E-state index in [9.17, 15) is 5.11 Å². The summed E-state index contributed by atoms with van der Waals surface area (Å²) in [5.41, 5.74) is 0.000764. The Morgan fingerprint density at radius 1 is 1.14 bits per heavy atom. The Labute approximate surface area is 89.3 Å². The normalized spacial score (nSPS) is 15.9. The zero-order chi connectivity index (χ0) is 11.0. The van der Waals surface area contributed by atoms with Crippen LogP contribution in [-0.2, 0) is 0 Å². The topological polar surface area (TPSA) is 23.5 Å². The van der Waals surface area contributed by atoms with Gasteiger partial charge in [0.25, 0.3) is 0 Å². The van der Waals surface area contributed by atoms with E-state index >= 15 is 0 Å². The Morgan fingerprint density at radius 3 is 2.14 bits per heavy atom. The maximum Gasteiger partial charge on any atom is 0.0612 e. The molecule has 0 heterocycles. The second-order valence-corrected chi connectivity index (χ2v) is 4.34. The third kappa shape index (κ3) is 3.97. The summed E-state index contributed by atoms with van der Waals surface area (Å²) < 4.78 is 0. The van der Waals surface area contributed by atoms with Crippen molar-refractivity contribution in [2.24, 2.45) is 0 Å². The molecule has 0 aromatic heterocycles. The lowest BCUT2D eigenvalue weighted by atomic mass is 9.93. The van der Waals surface area contributed by atoms with Crippen molar-refractivity contribution in [2.75, 3.05) is 19.7 Å². The molecule has 1 N–H and O–H groups in total. The van der Waals surface area contributed by atoms with Crippen molar-refractivity contribution in [3.63, 3.8) is 0 Å². The second kappa shape index (κ2) is 7.24. The smallest absolute Gasteiger partial charge is 0.0612 e. The number of nitrogens with zero attached hydrogens (tertiary/aromatic N) is 1. The van der Waals surface area contributed by atoms with Crippen LogP contribution in [0.2, 0.25) is 0 Å². The van der Waals surface area contributed by atoms with E-state index in [1.165, 1.54) is 12.8 Å². The number of hydrogen-bond acceptors (Lipinski definition) is 2. The Hall–Kier alpha value is -0.0800. The zero-order valence-corrected chi connectivity index (χ0v) is 10.3. The fraction of sp³-hybridized carbons (Fsp3) is 1.00. The molecule has 0 bridgehead atoms. The summed E-state index contributed by atoms with van der Waals surface area (Å²) in [5, 5.41) is 9.50. The average Bonchev–Trinajstić information content (AvgIpc) is 2.22. The van der Waals surface area contributed by atoms with E-state index in [0.717, 1.165) is 25.9 Å². The maximum atomic E-state index is 9.50. The number of unbranched alkanes of at least 4 members (excludes halogenated alkanes) is 1. The SMILES string of the molecule is CCCCC(C)(CO)N(CC)CCC. The lowest BCUT2D eigenvalue weighted by molar-refractivity contribution is 0.0382. The monoisotopic (exact) mass is 201 g/mol. The predicted octanol–water partition coefficient (Wildman–Crippen LogP) is 2.66. The highest BCUT2D eigenvalue weighted by Crippen LogP contribution is 2.21. The molecule has 0 aliphatic heterocycles. The Kier molecular flexibility index (Phi) is 7.20. The van der Waals surface area contributed by atoms with E-state index < -0.39 is 0 Å². The van der Waals surface area contributed by atoms with E-state index in [4.69, 9.17) is 0 Å². The van der Waals surface area contributed by atoms with Crippen LogP contribution in [0.3, 0.4) is 0 Å². The van der Waals surface area contributed by atoms with Gasteiger partial charge in [-0.15, -0.1) is 0 Å². The Balaban J connectivity index is 4.28. The van der Waals surface area contributed by atoms with Crippen LogP contribution in [0.15, 0.2) is 0 Å². The minimum absolute atomic E-state index is 0.000764. The van der Waals surface area contributed by atoms with Crippen molar-refractivity contribution in [2.45, 2.75) is 58.9 Å². The molecule has 86 valence electrons. The van der Waals surface area contributed by atoms with Crippen LogP contribution in [-0.4, -0.2) is 35.2 Å². The van der Waals surface area contributed by atoms with E-state index in [1.807, 2.05) is 0 Å². The molecule has 0 rings (SSSR count). The molecule has 0 aromatic carbocycles. The summed E-state index contributed by atoms with van der Waals surface area (Å²) in [6.45, 7) is 11.2. The van der Waals surface area contributed by atoms with Crippen LogP contribution in [0.25, 0.3) is 0 Å². The first-order chi connectivity index (χ1) is 6.64. The minimum Gasteiger partial charge on any atom is -0.394 e. The predicted molar refractivity (Wildman–Crippen MR) is 62.6 cm³/mol. The Bertz CT molecular complexity index is 138. The van der Waals surface area contributed by atoms with Gasteiger partial charge in [-0.25, -0.2) is 0 Å². The standard InChI is InChI=1S/C12H27NO/c1-5-8-9-12(4,11-14)13(7-3)10-6-2/h14H,5-11H2,1-4H3. The number of rotatable bonds is 8. The molecule has 0 aromatic rings. The van der Waals surface area contributed by atoms with Gasteiger partial charge in [-0.3, -0.25) is 4.90 Å². The Morgan fingerprint density at radius 2 is 1.79 bits per heavy atom. The van der Waals surface area contributed by atoms with Crippen LogP contribution in [0.1, 0.15) is 53.4 Å². The van der Waals surface area contributed by atoms with Gasteiger partial charge in [-0.2, -0.15) is 0 Å². The number of hydrogen-bond donors (Lipinski definition) is 1. The number of aliphatic hydroxyl groups excluding tert-OH is 1. The lowest BCUT2D eigenvalue weighted by Gasteiger charge is -2.39. The van der Waals surface area contributed by atoms with Crippen molar-refractivity contribution in [1.82, 2.24) is 4.90 Å². The van der Waals surface area contributed by atoms with Gasteiger partial charge in [0.1, 0.15) is 0 Å². The molecule has 0 spiro atoms. The molecular weight excluding hydrogens is 174 g/mol. The molecule has 14 heavy (non-hydrogen) atoms. The van der Waals surface area contributed by atoms with Gasteiger partial charge in [0, 0.05) is 5.54 Å². The molecule has 0 amide bonds. The van der Waals surface area contributed by atoms with Crippen LogP contribution < -0.4 is 0 Å². The largest absolute Gasteiger partial charge is 0.394 e. The first kappa shape index (κ1) is 13.9. The molecule has 0 fully saturated rings. The fourth-order valence-corrected chi connectivity index (χ4v) is 1.97. The van der Waals surface area contributed by atoms with Crippen LogP contribution in [0.4, 0.5) is 0 Å². The van der Waals surface area contributed by atoms with E-state index in [2.05, 4.69) is 32.6 Å². The number of likely N-dealkylation sites (N-methyl/N-ethyl adjacent to an activating group) is 1. The number of aliphatic hydroxyl groups is 1. The lowest BCUT2D eigenvalue weighted by Crippen LogP contribution is -2.49. The molecule has 0 saturated carbocycles. The summed E-state index contributed by atoms with van der Waals surface area (Å²) >= 11 is 0. The van der Waals surface area contributed by atoms with Gasteiger partial charge in [0.05, 0.1) is 6.61 Å². The molecule has 0 saturated heterocycles. The van der Waals surface area contributed by atoms with Crippen molar-refractivity contribution in [3.05, 3.63) is 0 Å². The summed E-state index contributed by atoms with van der Waals surface area (Å²) in [7, 11) is 0. The van der Waals surface area contributed by atoms with E-state index in [-0.39, 0.29) is 12.1 Å². The molecule has 0 radical (unpaired) electrons. The van der Waals surface area contributed by atoms with Crippen molar-refractivity contribution >= 4 is 0 Å². The molecular formula is C12H27NO. The third-order valence-corrected chi connectivity index (χ3v) is 3.05. The fourth-order valence-electron chi connectivity index (χ4n) is 1.97. The van der Waals surface area contributed by atoms with Crippen molar-refractivity contribution < 1.29 is 5.11 Å². The summed E-state index contributed by atoms with van der Waals surface area (Å²) in [5.74, 6) is 0. The highest BCUT2D eigenvalue weighted by Gasteiger charge is 2.28. The first-order valence-electron chi connectivity index (χ1n) is 6.00. The molecule has 1 unspecified atom stereocenters. The van der Waals surface area contributed by atoms with Crippen molar-refractivity contribution in [1.29, 1.82) is 0 Å². The van der Waals surface area contributed by atoms with Gasteiger partial charge >= 0.3 is 0 Å². The van der Waals surface area contributed by atoms with Crippen LogP contribution >= 0.6 is 0 Å².